The second-order valence-corrected chi connectivity index (χ2v) is 6.15. The number of nitrogens with one attached hydrogen (secondary N) is 2. The number of hydrogen-bond acceptors (Lipinski definition) is 6. The smallest absolute Gasteiger partial charge is 0.337 e. The van der Waals surface area contributed by atoms with Crippen molar-refractivity contribution in [2.45, 2.75) is 13.3 Å². The maximum atomic E-state index is 12.3. The highest BCUT2D eigenvalue weighted by molar-refractivity contribution is 7.80. The van der Waals surface area contributed by atoms with Gasteiger partial charge in [-0.25, -0.2) is 9.59 Å². The summed E-state index contributed by atoms with van der Waals surface area (Å²) in [6.45, 7) is 2.03. The molecule has 2 rings (SSSR count). The van der Waals surface area contributed by atoms with Crippen LogP contribution in [0.5, 0.6) is 0 Å². The van der Waals surface area contributed by atoms with Crippen LogP contribution in [-0.4, -0.2) is 37.2 Å². The molecule has 0 saturated carbocycles. The first kappa shape index (κ1) is 21.0. The molecule has 1 amide bonds. The molecule has 0 aliphatic heterocycles. The average molecular weight is 400 g/mol. The molecule has 0 heterocycles. The van der Waals surface area contributed by atoms with Gasteiger partial charge < -0.3 is 14.8 Å². The lowest BCUT2D eigenvalue weighted by Gasteiger charge is -2.12. The summed E-state index contributed by atoms with van der Waals surface area (Å²) >= 11 is 5.16. The molecular formula is C20H20N2O5S. The van der Waals surface area contributed by atoms with Crippen molar-refractivity contribution in [2.24, 2.45) is 0 Å². The average Bonchev–Trinajstić information content (AvgIpc) is 2.72. The minimum Gasteiger partial charge on any atom is -0.465 e. The van der Waals surface area contributed by atoms with Gasteiger partial charge in [-0.3, -0.25) is 10.1 Å². The van der Waals surface area contributed by atoms with E-state index in [2.05, 4.69) is 20.1 Å². The standard InChI is InChI=1S/C20H20N2O5S/c1-4-12-5-7-13(8-6-12)17(23)22-20(28)21-16-10-14(18(24)26-2)9-15(11-16)19(25)27-3/h5-11H,4H2,1-3H3,(H2,21,22,23,28). The largest absolute Gasteiger partial charge is 0.465 e. The molecule has 28 heavy (non-hydrogen) atoms. The van der Waals surface area contributed by atoms with Crippen molar-refractivity contribution in [2.75, 3.05) is 19.5 Å². The minimum absolute atomic E-state index is 0.0161. The van der Waals surface area contributed by atoms with E-state index < -0.39 is 11.9 Å². The van der Waals surface area contributed by atoms with E-state index in [1.807, 2.05) is 19.1 Å². The van der Waals surface area contributed by atoms with Crippen molar-refractivity contribution in [3.05, 3.63) is 64.7 Å². The molecule has 7 nitrogen and oxygen atoms in total. The first-order valence-electron chi connectivity index (χ1n) is 8.41. The Morgan fingerprint density at radius 3 is 1.89 bits per heavy atom. The summed E-state index contributed by atoms with van der Waals surface area (Å²) < 4.78 is 9.37. The molecule has 0 saturated heterocycles. The topological polar surface area (TPSA) is 93.7 Å². The van der Waals surface area contributed by atoms with Gasteiger partial charge in [0, 0.05) is 11.3 Å². The number of hydrogen-bond donors (Lipinski definition) is 2. The zero-order valence-electron chi connectivity index (χ0n) is 15.7. The molecule has 146 valence electrons. The maximum absolute atomic E-state index is 12.3. The summed E-state index contributed by atoms with van der Waals surface area (Å²) in [4.78, 5) is 36.0. The number of rotatable bonds is 5. The van der Waals surface area contributed by atoms with Gasteiger partial charge in [0.2, 0.25) is 0 Å². The molecule has 0 bridgehead atoms. The Hall–Kier alpha value is -3.26. The number of esters is 2. The summed E-state index contributed by atoms with van der Waals surface area (Å²) in [6, 6.07) is 11.4. The molecule has 2 aromatic carbocycles. The first-order chi connectivity index (χ1) is 13.4. The molecule has 2 aromatic rings. The summed E-state index contributed by atoms with van der Waals surface area (Å²) in [5.41, 5.74) is 2.18. The molecule has 0 radical (unpaired) electrons. The van der Waals surface area contributed by atoms with Crippen molar-refractivity contribution in [3.63, 3.8) is 0 Å². The van der Waals surface area contributed by atoms with Gasteiger partial charge in [0.1, 0.15) is 0 Å². The van der Waals surface area contributed by atoms with E-state index in [-0.39, 0.29) is 22.1 Å². The van der Waals surface area contributed by atoms with E-state index >= 15 is 0 Å². The Morgan fingerprint density at radius 2 is 1.43 bits per heavy atom. The molecule has 8 heteroatoms. The number of carbonyl (C=O) groups is 3. The fourth-order valence-corrected chi connectivity index (χ4v) is 2.61. The van der Waals surface area contributed by atoms with Crippen LogP contribution in [0.3, 0.4) is 0 Å². The highest BCUT2D eigenvalue weighted by Crippen LogP contribution is 2.17. The van der Waals surface area contributed by atoms with Crippen molar-refractivity contribution < 1.29 is 23.9 Å². The Kier molecular flexibility index (Phi) is 7.22. The van der Waals surface area contributed by atoms with Gasteiger partial charge in [-0.2, -0.15) is 0 Å². The van der Waals surface area contributed by atoms with E-state index in [4.69, 9.17) is 12.2 Å². The van der Waals surface area contributed by atoms with Crippen LogP contribution in [0.2, 0.25) is 0 Å². The zero-order chi connectivity index (χ0) is 20.7. The van der Waals surface area contributed by atoms with Gasteiger partial charge in [0.25, 0.3) is 5.91 Å². The van der Waals surface area contributed by atoms with Crippen LogP contribution in [0.4, 0.5) is 5.69 Å². The molecular weight excluding hydrogens is 380 g/mol. The van der Waals surface area contributed by atoms with Crippen LogP contribution < -0.4 is 10.6 Å². The van der Waals surface area contributed by atoms with E-state index in [1.165, 1.54) is 32.4 Å². The molecule has 0 spiro atoms. The molecule has 2 N–H and O–H groups in total. The predicted molar refractivity (Wildman–Crippen MR) is 109 cm³/mol. The van der Waals surface area contributed by atoms with Crippen LogP contribution in [0.15, 0.2) is 42.5 Å². The van der Waals surface area contributed by atoms with Gasteiger partial charge in [-0.05, 0) is 54.5 Å². The molecule has 0 fully saturated rings. The third-order valence-electron chi connectivity index (χ3n) is 3.88. The highest BCUT2D eigenvalue weighted by Gasteiger charge is 2.15. The number of amides is 1. The number of carbonyl (C=O) groups excluding carboxylic acids is 3. The number of ether oxygens (including phenoxy) is 2. The van der Waals surface area contributed by atoms with Gasteiger partial charge in [-0.1, -0.05) is 19.1 Å². The number of anilines is 1. The van der Waals surface area contributed by atoms with E-state index in [0.29, 0.717) is 11.3 Å². The molecule has 0 aromatic heterocycles. The zero-order valence-corrected chi connectivity index (χ0v) is 16.5. The van der Waals surface area contributed by atoms with Crippen LogP contribution in [0.25, 0.3) is 0 Å². The lowest BCUT2D eigenvalue weighted by Crippen LogP contribution is -2.34. The van der Waals surface area contributed by atoms with Gasteiger partial charge in [0.05, 0.1) is 25.3 Å². The summed E-state index contributed by atoms with van der Waals surface area (Å²) in [5.74, 6) is -1.63. The van der Waals surface area contributed by atoms with Crippen molar-refractivity contribution >= 4 is 40.9 Å². The van der Waals surface area contributed by atoms with Crippen molar-refractivity contribution in [1.29, 1.82) is 0 Å². The molecule has 0 aliphatic carbocycles. The molecule has 0 aliphatic rings. The quantitative estimate of drug-likeness (QED) is 0.589. The van der Waals surface area contributed by atoms with E-state index in [9.17, 15) is 14.4 Å². The van der Waals surface area contributed by atoms with Crippen LogP contribution in [-0.2, 0) is 15.9 Å². The Labute approximate surface area is 168 Å². The lowest BCUT2D eigenvalue weighted by atomic mass is 10.1. The van der Waals surface area contributed by atoms with Gasteiger partial charge in [-0.15, -0.1) is 0 Å². The second-order valence-electron chi connectivity index (χ2n) is 5.74. The molecule has 0 atom stereocenters. The first-order valence-corrected chi connectivity index (χ1v) is 8.81. The Morgan fingerprint density at radius 1 is 0.893 bits per heavy atom. The minimum atomic E-state index is -0.625. The summed E-state index contributed by atoms with van der Waals surface area (Å²) in [7, 11) is 2.46. The maximum Gasteiger partial charge on any atom is 0.337 e. The van der Waals surface area contributed by atoms with Crippen LogP contribution in [0, 0.1) is 0 Å². The number of methoxy groups -OCH3 is 2. The summed E-state index contributed by atoms with van der Waals surface area (Å²) in [6.07, 6.45) is 0.876. The number of aryl methyl sites for hydroxylation is 1. The van der Waals surface area contributed by atoms with Gasteiger partial charge in [0.15, 0.2) is 5.11 Å². The van der Waals surface area contributed by atoms with Crippen LogP contribution >= 0.6 is 12.2 Å². The van der Waals surface area contributed by atoms with Crippen LogP contribution in [0.1, 0.15) is 43.6 Å². The number of benzene rings is 2. The normalized spacial score (nSPS) is 9.96. The summed E-state index contributed by atoms with van der Waals surface area (Å²) in [5, 5.41) is 5.36. The van der Waals surface area contributed by atoms with Gasteiger partial charge >= 0.3 is 11.9 Å². The van der Waals surface area contributed by atoms with Crippen molar-refractivity contribution in [1.82, 2.24) is 5.32 Å². The van der Waals surface area contributed by atoms with E-state index in [1.54, 1.807) is 12.1 Å². The highest BCUT2D eigenvalue weighted by atomic mass is 32.1. The Balaban J connectivity index is 2.16. The Bertz CT molecular complexity index is 875. The fraction of sp³-hybridized carbons (Fsp3) is 0.200. The lowest BCUT2D eigenvalue weighted by molar-refractivity contribution is 0.0599. The van der Waals surface area contributed by atoms with E-state index in [0.717, 1.165) is 12.0 Å². The second kappa shape index (κ2) is 9.61. The van der Waals surface area contributed by atoms with Crippen molar-refractivity contribution in [3.8, 4) is 0 Å². The monoisotopic (exact) mass is 400 g/mol. The predicted octanol–water partition coefficient (Wildman–Crippen LogP) is 2.95. The third kappa shape index (κ3) is 5.37. The molecule has 0 unspecified atom stereocenters. The number of thiocarbonyl (C=S) groups is 1. The SMILES string of the molecule is CCc1ccc(C(=O)NC(=S)Nc2cc(C(=O)OC)cc(C(=O)OC)c2)cc1. The fourth-order valence-electron chi connectivity index (χ4n) is 2.40. The third-order valence-corrected chi connectivity index (χ3v) is 4.09.